The van der Waals surface area contributed by atoms with Crippen molar-refractivity contribution in [3.05, 3.63) is 23.5 Å². The van der Waals surface area contributed by atoms with Gasteiger partial charge in [-0.05, 0) is 12.1 Å². The molecule has 5 nitrogen and oxygen atoms in total. The SMILES string of the molecule is NC(=O)CN1CCN(c2ccnc(Cl)c2)CC1. The van der Waals surface area contributed by atoms with Crippen molar-refractivity contribution in [2.75, 3.05) is 37.6 Å². The highest BCUT2D eigenvalue weighted by Gasteiger charge is 2.18. The van der Waals surface area contributed by atoms with Crippen LogP contribution in [0, 0.1) is 0 Å². The number of nitrogens with zero attached hydrogens (tertiary/aromatic N) is 3. The second-order valence-corrected chi connectivity index (χ2v) is 4.45. The topological polar surface area (TPSA) is 62.5 Å². The Labute approximate surface area is 105 Å². The van der Waals surface area contributed by atoms with Crippen LogP contribution in [0.3, 0.4) is 0 Å². The number of primary amides is 1. The van der Waals surface area contributed by atoms with Crippen LogP contribution in [0.4, 0.5) is 5.69 Å². The van der Waals surface area contributed by atoms with E-state index in [1.165, 1.54) is 0 Å². The highest BCUT2D eigenvalue weighted by Crippen LogP contribution is 2.18. The van der Waals surface area contributed by atoms with E-state index in [1.807, 2.05) is 12.1 Å². The smallest absolute Gasteiger partial charge is 0.231 e. The second kappa shape index (κ2) is 5.33. The zero-order valence-corrected chi connectivity index (χ0v) is 10.2. The predicted molar refractivity (Wildman–Crippen MR) is 67.1 cm³/mol. The fourth-order valence-corrected chi connectivity index (χ4v) is 2.14. The molecule has 0 saturated carbocycles. The monoisotopic (exact) mass is 254 g/mol. The predicted octanol–water partition coefficient (Wildman–Crippen LogP) is 0.342. The van der Waals surface area contributed by atoms with Gasteiger partial charge in [0.15, 0.2) is 0 Å². The van der Waals surface area contributed by atoms with Crippen molar-refractivity contribution in [1.82, 2.24) is 9.88 Å². The van der Waals surface area contributed by atoms with Crippen LogP contribution < -0.4 is 10.6 Å². The van der Waals surface area contributed by atoms with Crippen LogP contribution >= 0.6 is 11.6 Å². The molecule has 2 heterocycles. The lowest BCUT2D eigenvalue weighted by Gasteiger charge is -2.35. The molecule has 1 aromatic rings. The number of hydrogen-bond donors (Lipinski definition) is 1. The second-order valence-electron chi connectivity index (χ2n) is 4.07. The number of carbonyl (C=O) groups excluding carboxylic acids is 1. The summed E-state index contributed by atoms with van der Waals surface area (Å²) < 4.78 is 0. The molecule has 92 valence electrons. The van der Waals surface area contributed by atoms with Gasteiger partial charge in [0.25, 0.3) is 0 Å². The molecular weight excluding hydrogens is 240 g/mol. The Hall–Kier alpha value is -1.33. The number of anilines is 1. The lowest BCUT2D eigenvalue weighted by molar-refractivity contribution is -0.119. The third-order valence-corrected chi connectivity index (χ3v) is 3.03. The van der Waals surface area contributed by atoms with Crippen molar-refractivity contribution in [2.24, 2.45) is 5.73 Å². The van der Waals surface area contributed by atoms with Crippen LogP contribution in [0.1, 0.15) is 0 Å². The summed E-state index contributed by atoms with van der Waals surface area (Å²) in [6, 6.07) is 3.79. The largest absolute Gasteiger partial charge is 0.369 e. The van der Waals surface area contributed by atoms with Crippen LogP contribution in [0.2, 0.25) is 5.15 Å². The Bertz CT molecular complexity index is 404. The number of aromatic nitrogens is 1. The Kier molecular flexibility index (Phi) is 3.81. The van der Waals surface area contributed by atoms with E-state index in [-0.39, 0.29) is 5.91 Å². The van der Waals surface area contributed by atoms with Crippen molar-refractivity contribution in [2.45, 2.75) is 0 Å². The van der Waals surface area contributed by atoms with Gasteiger partial charge in [-0.3, -0.25) is 9.69 Å². The molecule has 0 aromatic carbocycles. The molecule has 1 aliphatic heterocycles. The minimum atomic E-state index is -0.273. The number of hydrogen-bond acceptors (Lipinski definition) is 4. The number of carbonyl (C=O) groups is 1. The number of amides is 1. The molecule has 1 saturated heterocycles. The first-order chi connectivity index (χ1) is 8.15. The van der Waals surface area contributed by atoms with Gasteiger partial charge in [-0.2, -0.15) is 0 Å². The van der Waals surface area contributed by atoms with Gasteiger partial charge in [-0.25, -0.2) is 4.98 Å². The van der Waals surface area contributed by atoms with Crippen molar-refractivity contribution >= 4 is 23.2 Å². The Morgan fingerprint density at radius 1 is 1.41 bits per heavy atom. The van der Waals surface area contributed by atoms with E-state index < -0.39 is 0 Å². The van der Waals surface area contributed by atoms with E-state index in [0.29, 0.717) is 11.7 Å². The maximum atomic E-state index is 10.8. The first-order valence-corrected chi connectivity index (χ1v) is 5.90. The number of pyridine rings is 1. The number of nitrogens with two attached hydrogens (primary N) is 1. The minimum absolute atomic E-state index is 0.273. The molecule has 0 unspecified atom stereocenters. The van der Waals surface area contributed by atoms with Gasteiger partial charge in [0, 0.05) is 38.1 Å². The van der Waals surface area contributed by atoms with Gasteiger partial charge in [-0.15, -0.1) is 0 Å². The fourth-order valence-electron chi connectivity index (χ4n) is 1.97. The van der Waals surface area contributed by atoms with Gasteiger partial charge in [0.1, 0.15) is 5.15 Å². The normalized spacial score (nSPS) is 17.1. The molecule has 0 radical (unpaired) electrons. The Morgan fingerprint density at radius 2 is 2.12 bits per heavy atom. The van der Waals surface area contributed by atoms with E-state index in [2.05, 4.69) is 14.8 Å². The lowest BCUT2D eigenvalue weighted by atomic mass is 10.2. The van der Waals surface area contributed by atoms with Crippen LogP contribution in [0.25, 0.3) is 0 Å². The van der Waals surface area contributed by atoms with Crippen LogP contribution in [-0.2, 0) is 4.79 Å². The number of piperazine rings is 1. The van der Waals surface area contributed by atoms with Crippen LogP contribution in [0.15, 0.2) is 18.3 Å². The molecule has 0 spiro atoms. The van der Waals surface area contributed by atoms with Crippen molar-refractivity contribution in [3.63, 3.8) is 0 Å². The third kappa shape index (κ3) is 3.31. The summed E-state index contributed by atoms with van der Waals surface area (Å²) in [7, 11) is 0. The van der Waals surface area contributed by atoms with Crippen molar-refractivity contribution in [1.29, 1.82) is 0 Å². The molecule has 2 rings (SSSR count). The summed E-state index contributed by atoms with van der Waals surface area (Å²) in [4.78, 5) is 19.0. The molecular formula is C11H15ClN4O. The maximum absolute atomic E-state index is 10.8. The van der Waals surface area contributed by atoms with E-state index in [4.69, 9.17) is 17.3 Å². The van der Waals surface area contributed by atoms with E-state index in [1.54, 1.807) is 6.20 Å². The van der Waals surface area contributed by atoms with Crippen LogP contribution in [-0.4, -0.2) is 48.5 Å². The molecule has 1 fully saturated rings. The molecule has 2 N–H and O–H groups in total. The van der Waals surface area contributed by atoms with Gasteiger partial charge in [0.2, 0.25) is 5.91 Å². The van der Waals surface area contributed by atoms with Gasteiger partial charge in [0.05, 0.1) is 6.54 Å². The molecule has 0 atom stereocenters. The summed E-state index contributed by atoms with van der Waals surface area (Å²) in [5, 5.41) is 0.502. The van der Waals surface area contributed by atoms with Gasteiger partial charge < -0.3 is 10.6 Å². The lowest BCUT2D eigenvalue weighted by Crippen LogP contribution is -2.48. The summed E-state index contributed by atoms with van der Waals surface area (Å²) in [5.41, 5.74) is 6.24. The van der Waals surface area contributed by atoms with E-state index in [9.17, 15) is 4.79 Å². The molecule has 0 bridgehead atoms. The molecule has 1 aromatic heterocycles. The summed E-state index contributed by atoms with van der Waals surface area (Å²) in [5.74, 6) is -0.273. The average Bonchev–Trinajstić information content (AvgIpc) is 2.29. The highest BCUT2D eigenvalue weighted by molar-refractivity contribution is 6.29. The fraction of sp³-hybridized carbons (Fsp3) is 0.455. The minimum Gasteiger partial charge on any atom is -0.369 e. The summed E-state index contributed by atoms with van der Waals surface area (Å²) in [6.07, 6.45) is 1.70. The molecule has 0 aliphatic carbocycles. The van der Waals surface area contributed by atoms with Crippen molar-refractivity contribution < 1.29 is 4.79 Å². The number of rotatable bonds is 3. The highest BCUT2D eigenvalue weighted by atomic mass is 35.5. The molecule has 17 heavy (non-hydrogen) atoms. The quantitative estimate of drug-likeness (QED) is 0.791. The summed E-state index contributed by atoms with van der Waals surface area (Å²) >= 11 is 5.85. The van der Waals surface area contributed by atoms with Gasteiger partial charge in [-0.1, -0.05) is 11.6 Å². The third-order valence-electron chi connectivity index (χ3n) is 2.83. The Balaban J connectivity index is 1.93. The molecule has 1 aliphatic rings. The first kappa shape index (κ1) is 12.1. The average molecular weight is 255 g/mol. The van der Waals surface area contributed by atoms with E-state index in [0.717, 1.165) is 31.9 Å². The summed E-state index contributed by atoms with van der Waals surface area (Å²) in [6.45, 7) is 3.75. The van der Waals surface area contributed by atoms with Gasteiger partial charge >= 0.3 is 0 Å². The molecule has 1 amide bonds. The van der Waals surface area contributed by atoms with Crippen LogP contribution in [0.5, 0.6) is 0 Å². The maximum Gasteiger partial charge on any atom is 0.231 e. The zero-order chi connectivity index (χ0) is 12.3. The zero-order valence-electron chi connectivity index (χ0n) is 9.47. The standard InChI is InChI=1S/C11H15ClN4O/c12-10-7-9(1-2-14-10)16-5-3-15(4-6-16)8-11(13)17/h1-2,7H,3-6,8H2,(H2,13,17). The Morgan fingerprint density at radius 3 is 2.71 bits per heavy atom. The number of halogens is 1. The first-order valence-electron chi connectivity index (χ1n) is 5.52. The molecule has 6 heteroatoms. The van der Waals surface area contributed by atoms with Crippen molar-refractivity contribution in [3.8, 4) is 0 Å². The van der Waals surface area contributed by atoms with E-state index >= 15 is 0 Å².